The number of rotatable bonds is 9. The summed E-state index contributed by atoms with van der Waals surface area (Å²) in [5, 5.41) is 8.31. The Bertz CT molecular complexity index is 746. The molecule has 7 nitrogen and oxygen atoms in total. The van der Waals surface area contributed by atoms with Crippen molar-refractivity contribution in [2.45, 2.75) is 43.9 Å². The summed E-state index contributed by atoms with van der Waals surface area (Å²) in [6.45, 7) is 5.38. The van der Waals surface area contributed by atoms with E-state index in [-0.39, 0.29) is 11.9 Å². The standard InChI is InChI=1S/C22H35F3N6O/c1-27-19-14-17(28-15-22(23,24)25)4-5-18(19)20(26)21(32)29-16-6-10-31(11-7-16)13-12-30-8-2-3-9-30/h4-5,14,16,20,27-28H,2-3,6-13,15,26H2,1H3,(H,29,32). The molecular weight excluding hydrogens is 421 g/mol. The first-order valence-electron chi connectivity index (χ1n) is 11.4. The van der Waals surface area contributed by atoms with Gasteiger partial charge in [-0.2, -0.15) is 13.2 Å². The molecule has 1 aromatic rings. The SMILES string of the molecule is CNc1cc(NCC(F)(F)F)ccc1C(N)C(=O)NC1CCN(CCN2CCCC2)CC1. The molecule has 1 amide bonds. The largest absolute Gasteiger partial charge is 0.405 e. The Labute approximate surface area is 187 Å². The number of piperidine rings is 1. The summed E-state index contributed by atoms with van der Waals surface area (Å²) in [6.07, 6.45) is 0.0701. The Balaban J connectivity index is 1.47. The number of nitrogens with one attached hydrogen (secondary N) is 3. The number of nitrogens with zero attached hydrogens (tertiary/aromatic N) is 2. The zero-order chi connectivity index (χ0) is 23.1. The maximum atomic E-state index is 12.8. The Kier molecular flexibility index (Phi) is 8.61. The normalized spacial score (nSPS) is 19.7. The molecule has 0 radical (unpaired) electrons. The van der Waals surface area contributed by atoms with Crippen molar-refractivity contribution < 1.29 is 18.0 Å². The van der Waals surface area contributed by atoms with E-state index in [2.05, 4.69) is 25.8 Å². The van der Waals surface area contributed by atoms with Crippen LogP contribution >= 0.6 is 0 Å². The monoisotopic (exact) mass is 456 g/mol. The molecular formula is C22H35F3N6O. The highest BCUT2D eigenvalue weighted by molar-refractivity contribution is 5.85. The van der Waals surface area contributed by atoms with E-state index in [1.54, 1.807) is 13.1 Å². The second kappa shape index (κ2) is 11.2. The number of hydrogen-bond donors (Lipinski definition) is 4. The molecule has 2 aliphatic rings. The summed E-state index contributed by atoms with van der Waals surface area (Å²) >= 11 is 0. The first-order chi connectivity index (χ1) is 15.2. The van der Waals surface area contributed by atoms with Crippen molar-refractivity contribution in [3.8, 4) is 0 Å². The summed E-state index contributed by atoms with van der Waals surface area (Å²) in [4.78, 5) is 17.7. The van der Waals surface area contributed by atoms with Crippen molar-refractivity contribution in [2.24, 2.45) is 5.73 Å². The zero-order valence-electron chi connectivity index (χ0n) is 18.7. The topological polar surface area (TPSA) is 85.7 Å². The van der Waals surface area contributed by atoms with Gasteiger partial charge in [-0.25, -0.2) is 0 Å². The van der Waals surface area contributed by atoms with Crippen LogP contribution in [0.1, 0.15) is 37.3 Å². The second-order valence-corrected chi connectivity index (χ2v) is 8.67. The highest BCUT2D eigenvalue weighted by atomic mass is 19.4. The molecule has 2 fully saturated rings. The number of nitrogens with two attached hydrogens (primary N) is 1. The Hall–Kier alpha value is -2.04. The van der Waals surface area contributed by atoms with E-state index in [1.807, 2.05) is 0 Å². The molecule has 10 heteroatoms. The van der Waals surface area contributed by atoms with Crippen molar-refractivity contribution in [2.75, 3.05) is 63.5 Å². The number of alkyl halides is 3. The fourth-order valence-electron chi connectivity index (χ4n) is 4.38. The molecule has 3 rings (SSSR count). The smallest absolute Gasteiger partial charge is 0.388 e. The lowest BCUT2D eigenvalue weighted by Gasteiger charge is -2.33. The molecule has 2 aliphatic heterocycles. The Morgan fingerprint density at radius 1 is 1.12 bits per heavy atom. The molecule has 0 aliphatic carbocycles. The number of amides is 1. The minimum Gasteiger partial charge on any atom is -0.388 e. The zero-order valence-corrected chi connectivity index (χ0v) is 18.7. The van der Waals surface area contributed by atoms with Gasteiger partial charge < -0.3 is 31.5 Å². The van der Waals surface area contributed by atoms with Crippen LogP contribution in [0.25, 0.3) is 0 Å². The Morgan fingerprint density at radius 3 is 2.34 bits per heavy atom. The lowest BCUT2D eigenvalue weighted by atomic mass is 10.0. The number of carbonyl (C=O) groups excluding carboxylic acids is 1. The molecule has 180 valence electrons. The number of hydrogen-bond acceptors (Lipinski definition) is 6. The molecule has 1 atom stereocenters. The molecule has 32 heavy (non-hydrogen) atoms. The highest BCUT2D eigenvalue weighted by Crippen LogP contribution is 2.27. The van der Waals surface area contributed by atoms with Gasteiger partial charge in [-0.3, -0.25) is 4.79 Å². The van der Waals surface area contributed by atoms with Crippen molar-refractivity contribution in [1.29, 1.82) is 0 Å². The third kappa shape index (κ3) is 7.25. The Morgan fingerprint density at radius 2 is 1.75 bits per heavy atom. The van der Waals surface area contributed by atoms with Gasteiger partial charge in [0.15, 0.2) is 0 Å². The molecule has 0 spiro atoms. The van der Waals surface area contributed by atoms with Gasteiger partial charge in [-0.05, 0) is 50.9 Å². The van der Waals surface area contributed by atoms with Crippen molar-refractivity contribution in [1.82, 2.24) is 15.1 Å². The summed E-state index contributed by atoms with van der Waals surface area (Å²) in [7, 11) is 1.65. The number of halogens is 3. The van der Waals surface area contributed by atoms with Crippen LogP contribution in [0.4, 0.5) is 24.5 Å². The molecule has 2 heterocycles. The van der Waals surface area contributed by atoms with E-state index >= 15 is 0 Å². The van der Waals surface area contributed by atoms with Gasteiger partial charge in [0, 0.05) is 56.2 Å². The number of likely N-dealkylation sites (tertiary alicyclic amines) is 2. The highest BCUT2D eigenvalue weighted by Gasteiger charge is 2.28. The van der Waals surface area contributed by atoms with Crippen LogP contribution in [0.5, 0.6) is 0 Å². The van der Waals surface area contributed by atoms with Crippen LogP contribution in [0.3, 0.4) is 0 Å². The van der Waals surface area contributed by atoms with Crippen LogP contribution in [0, 0.1) is 0 Å². The van der Waals surface area contributed by atoms with Gasteiger partial charge in [0.1, 0.15) is 12.6 Å². The van der Waals surface area contributed by atoms with Gasteiger partial charge in [0.05, 0.1) is 0 Å². The number of carbonyl (C=O) groups is 1. The summed E-state index contributed by atoms with van der Waals surface area (Å²) in [6, 6.07) is 3.82. The van der Waals surface area contributed by atoms with E-state index in [0.29, 0.717) is 16.9 Å². The number of benzene rings is 1. The van der Waals surface area contributed by atoms with E-state index in [9.17, 15) is 18.0 Å². The van der Waals surface area contributed by atoms with Gasteiger partial charge >= 0.3 is 6.18 Å². The average Bonchev–Trinajstić information content (AvgIpc) is 3.29. The molecule has 0 bridgehead atoms. The average molecular weight is 457 g/mol. The molecule has 2 saturated heterocycles. The molecule has 0 saturated carbocycles. The van der Waals surface area contributed by atoms with E-state index in [1.165, 1.54) is 38.1 Å². The summed E-state index contributed by atoms with van der Waals surface area (Å²) in [5.74, 6) is -0.270. The van der Waals surface area contributed by atoms with E-state index < -0.39 is 18.8 Å². The quantitative estimate of drug-likeness (QED) is 0.457. The van der Waals surface area contributed by atoms with Crippen molar-refractivity contribution >= 4 is 17.3 Å². The van der Waals surface area contributed by atoms with E-state index in [4.69, 9.17) is 5.73 Å². The van der Waals surface area contributed by atoms with Crippen molar-refractivity contribution in [3.05, 3.63) is 23.8 Å². The fourth-order valence-corrected chi connectivity index (χ4v) is 4.38. The van der Waals surface area contributed by atoms with Crippen LogP contribution in [-0.2, 0) is 4.79 Å². The summed E-state index contributed by atoms with van der Waals surface area (Å²) in [5.41, 5.74) is 7.58. The lowest BCUT2D eigenvalue weighted by molar-refractivity contribution is -0.123. The second-order valence-electron chi connectivity index (χ2n) is 8.67. The van der Waals surface area contributed by atoms with Crippen molar-refractivity contribution in [3.63, 3.8) is 0 Å². The van der Waals surface area contributed by atoms with Gasteiger partial charge in [0.25, 0.3) is 0 Å². The van der Waals surface area contributed by atoms with Crippen LogP contribution in [0.15, 0.2) is 18.2 Å². The minimum atomic E-state index is -4.31. The number of anilines is 2. The molecule has 1 aromatic carbocycles. The third-order valence-electron chi connectivity index (χ3n) is 6.30. The van der Waals surface area contributed by atoms with Gasteiger partial charge in [-0.15, -0.1) is 0 Å². The predicted molar refractivity (Wildman–Crippen MR) is 121 cm³/mol. The fraction of sp³-hybridized carbons (Fsp3) is 0.682. The third-order valence-corrected chi connectivity index (χ3v) is 6.30. The molecule has 1 unspecified atom stereocenters. The van der Waals surface area contributed by atoms with Crippen LogP contribution in [-0.4, -0.2) is 80.8 Å². The molecule has 0 aromatic heterocycles. The maximum absolute atomic E-state index is 12.8. The van der Waals surface area contributed by atoms with Crippen LogP contribution in [0.2, 0.25) is 0 Å². The predicted octanol–water partition coefficient (Wildman–Crippen LogP) is 2.38. The molecule has 5 N–H and O–H groups in total. The lowest BCUT2D eigenvalue weighted by Crippen LogP contribution is -2.48. The first kappa shape index (κ1) is 24.6. The first-order valence-corrected chi connectivity index (χ1v) is 11.4. The minimum absolute atomic E-state index is 0.0855. The van der Waals surface area contributed by atoms with Crippen LogP contribution < -0.4 is 21.7 Å². The van der Waals surface area contributed by atoms with Gasteiger partial charge in [-0.1, -0.05) is 6.07 Å². The maximum Gasteiger partial charge on any atom is 0.405 e. The summed E-state index contributed by atoms with van der Waals surface area (Å²) < 4.78 is 37.3. The van der Waals surface area contributed by atoms with E-state index in [0.717, 1.165) is 39.0 Å². The van der Waals surface area contributed by atoms with Gasteiger partial charge in [0.2, 0.25) is 5.91 Å².